The highest BCUT2D eigenvalue weighted by molar-refractivity contribution is 7.92. The van der Waals surface area contributed by atoms with Crippen molar-refractivity contribution in [1.82, 2.24) is 15.2 Å². The van der Waals surface area contributed by atoms with E-state index in [0.717, 1.165) is 10.2 Å². The van der Waals surface area contributed by atoms with Crippen LogP contribution >= 0.6 is 11.3 Å². The van der Waals surface area contributed by atoms with Gasteiger partial charge in [0.15, 0.2) is 0 Å². The molecule has 0 fully saturated rings. The number of aryl methyl sites for hydroxylation is 1. The highest BCUT2D eigenvalue weighted by atomic mass is 32.2. The molecule has 3 rings (SSSR count). The quantitative estimate of drug-likeness (QED) is 0.674. The number of nitrogens with two attached hydrogens (primary N) is 1. The molecular weight excluding hydrogens is 310 g/mol. The molecule has 3 aromatic rings. The van der Waals surface area contributed by atoms with Crippen LogP contribution in [0.2, 0.25) is 0 Å². The Hall–Kier alpha value is -1.97. The molecule has 0 aliphatic rings. The number of nitrogens with one attached hydrogen (secondary N) is 2. The van der Waals surface area contributed by atoms with E-state index in [4.69, 9.17) is 5.73 Å². The summed E-state index contributed by atoms with van der Waals surface area (Å²) in [7, 11) is -3.78. The minimum atomic E-state index is -3.78. The summed E-state index contributed by atoms with van der Waals surface area (Å²) in [6, 6.07) is 5.18. The lowest BCUT2D eigenvalue weighted by Gasteiger charge is -2.07. The van der Waals surface area contributed by atoms with Gasteiger partial charge in [0, 0.05) is 17.8 Å². The first kappa shape index (κ1) is 14.0. The van der Waals surface area contributed by atoms with Gasteiger partial charge < -0.3 is 5.73 Å². The van der Waals surface area contributed by atoms with Gasteiger partial charge in [-0.3, -0.25) is 9.82 Å². The van der Waals surface area contributed by atoms with Gasteiger partial charge in [-0.05, 0) is 25.1 Å². The topological polar surface area (TPSA) is 114 Å². The van der Waals surface area contributed by atoms with Gasteiger partial charge in [0.1, 0.15) is 0 Å². The van der Waals surface area contributed by atoms with Crippen LogP contribution in [0, 0.1) is 6.92 Å². The Kier molecular flexibility index (Phi) is 3.40. The third-order valence-electron chi connectivity index (χ3n) is 3.08. The lowest BCUT2D eigenvalue weighted by atomic mass is 10.3. The predicted octanol–water partition coefficient (Wildman–Crippen LogP) is 1.59. The first-order chi connectivity index (χ1) is 10.0. The van der Waals surface area contributed by atoms with Crippen LogP contribution in [-0.2, 0) is 16.6 Å². The number of H-pyrrole nitrogens is 1. The van der Waals surface area contributed by atoms with Crippen LogP contribution in [0.15, 0.2) is 28.7 Å². The summed E-state index contributed by atoms with van der Waals surface area (Å²) in [5.41, 5.74) is 9.74. The van der Waals surface area contributed by atoms with E-state index in [9.17, 15) is 8.42 Å². The van der Waals surface area contributed by atoms with Crippen LogP contribution in [0.4, 0.5) is 5.69 Å². The molecule has 0 amide bonds. The first-order valence-corrected chi connectivity index (χ1v) is 8.47. The third kappa shape index (κ3) is 2.50. The molecule has 0 saturated carbocycles. The number of aromatic amines is 1. The maximum Gasteiger partial charge on any atom is 0.281 e. The number of hydrogen-bond acceptors (Lipinski definition) is 6. The minimum Gasteiger partial charge on any atom is -0.326 e. The summed E-state index contributed by atoms with van der Waals surface area (Å²) in [6.45, 7) is 1.84. The SMILES string of the molecule is Cc1[nH]nc(S(=O)(=O)Nc2ccc3ncsc3c2)c1CN. The van der Waals surface area contributed by atoms with Gasteiger partial charge in [0.2, 0.25) is 5.03 Å². The number of sulfonamides is 1. The molecule has 7 nitrogen and oxygen atoms in total. The highest BCUT2D eigenvalue weighted by Gasteiger charge is 2.23. The Morgan fingerprint density at radius 2 is 2.24 bits per heavy atom. The zero-order valence-electron chi connectivity index (χ0n) is 11.1. The number of fused-ring (bicyclic) bond motifs is 1. The number of nitrogens with zero attached hydrogens (tertiary/aromatic N) is 2. The van der Waals surface area contributed by atoms with Crippen LogP contribution in [0.1, 0.15) is 11.3 Å². The number of hydrogen-bond donors (Lipinski definition) is 3. The molecule has 2 heterocycles. The van der Waals surface area contributed by atoms with Crippen molar-refractivity contribution in [3.05, 3.63) is 35.0 Å². The number of rotatable bonds is 4. The Morgan fingerprint density at radius 3 is 3.00 bits per heavy atom. The van der Waals surface area contributed by atoms with Gasteiger partial charge in [-0.15, -0.1) is 11.3 Å². The third-order valence-corrected chi connectivity index (χ3v) is 5.22. The van der Waals surface area contributed by atoms with Crippen molar-refractivity contribution in [2.45, 2.75) is 18.5 Å². The van der Waals surface area contributed by atoms with Crippen molar-refractivity contribution in [3.63, 3.8) is 0 Å². The van der Waals surface area contributed by atoms with Gasteiger partial charge in [-0.2, -0.15) is 13.5 Å². The maximum atomic E-state index is 12.4. The summed E-state index contributed by atoms with van der Waals surface area (Å²) >= 11 is 1.45. The average Bonchev–Trinajstić information content (AvgIpc) is 3.03. The van der Waals surface area contributed by atoms with Gasteiger partial charge in [-0.1, -0.05) is 0 Å². The summed E-state index contributed by atoms with van der Waals surface area (Å²) < 4.78 is 28.2. The van der Waals surface area contributed by atoms with E-state index in [1.54, 1.807) is 30.6 Å². The van der Waals surface area contributed by atoms with Gasteiger partial charge in [-0.25, -0.2) is 4.98 Å². The number of thiazole rings is 1. The van der Waals surface area contributed by atoms with Gasteiger partial charge in [0.25, 0.3) is 10.0 Å². The predicted molar refractivity (Wildman–Crippen MR) is 81.6 cm³/mol. The fraction of sp³-hybridized carbons (Fsp3) is 0.167. The van der Waals surface area contributed by atoms with Crippen LogP contribution in [0.25, 0.3) is 10.2 Å². The lowest BCUT2D eigenvalue weighted by Crippen LogP contribution is -2.16. The standard InChI is InChI=1S/C12H13N5O2S2/c1-7-9(5-13)12(16-15-7)21(18,19)17-8-2-3-10-11(4-8)20-6-14-10/h2-4,6,17H,5,13H2,1H3,(H,15,16). The first-order valence-electron chi connectivity index (χ1n) is 6.11. The van der Waals surface area contributed by atoms with Crippen molar-refractivity contribution in [3.8, 4) is 0 Å². The maximum absolute atomic E-state index is 12.4. The fourth-order valence-corrected chi connectivity index (χ4v) is 3.99. The molecule has 1 aromatic carbocycles. The van der Waals surface area contributed by atoms with E-state index < -0.39 is 10.0 Å². The van der Waals surface area contributed by atoms with Crippen molar-refractivity contribution < 1.29 is 8.42 Å². The molecule has 9 heteroatoms. The van der Waals surface area contributed by atoms with Crippen LogP contribution < -0.4 is 10.5 Å². The van der Waals surface area contributed by atoms with Crippen molar-refractivity contribution >= 4 is 37.3 Å². The molecule has 0 aliphatic carbocycles. The number of anilines is 1. The van der Waals surface area contributed by atoms with E-state index in [1.165, 1.54) is 11.3 Å². The smallest absolute Gasteiger partial charge is 0.281 e. The molecule has 110 valence electrons. The second-order valence-corrected chi connectivity index (χ2v) is 6.96. The molecule has 2 aromatic heterocycles. The Bertz CT molecular complexity index is 897. The number of aromatic nitrogens is 3. The largest absolute Gasteiger partial charge is 0.326 e. The Balaban J connectivity index is 1.98. The monoisotopic (exact) mass is 323 g/mol. The lowest BCUT2D eigenvalue weighted by molar-refractivity contribution is 0.596. The van der Waals surface area contributed by atoms with E-state index in [-0.39, 0.29) is 11.6 Å². The fourth-order valence-electron chi connectivity index (χ4n) is 2.01. The zero-order valence-corrected chi connectivity index (χ0v) is 12.8. The second-order valence-electron chi connectivity index (χ2n) is 4.48. The Morgan fingerprint density at radius 1 is 1.43 bits per heavy atom. The molecule has 0 aliphatic heterocycles. The second kappa shape index (κ2) is 5.10. The summed E-state index contributed by atoms with van der Waals surface area (Å²) in [5.74, 6) is 0. The Labute approximate surface area is 125 Å². The molecule has 4 N–H and O–H groups in total. The van der Waals surface area contributed by atoms with E-state index in [1.807, 2.05) is 0 Å². The summed E-state index contributed by atoms with van der Waals surface area (Å²) in [5, 5.41) is 6.43. The highest BCUT2D eigenvalue weighted by Crippen LogP contribution is 2.24. The normalized spacial score (nSPS) is 11.9. The molecule has 0 saturated heterocycles. The molecule has 0 bridgehead atoms. The average molecular weight is 323 g/mol. The molecule has 0 unspecified atom stereocenters. The zero-order chi connectivity index (χ0) is 15.0. The number of benzene rings is 1. The molecule has 21 heavy (non-hydrogen) atoms. The van der Waals surface area contributed by atoms with Gasteiger partial charge >= 0.3 is 0 Å². The van der Waals surface area contributed by atoms with Crippen molar-refractivity contribution in [2.75, 3.05) is 4.72 Å². The van der Waals surface area contributed by atoms with Gasteiger partial charge in [0.05, 0.1) is 21.4 Å². The van der Waals surface area contributed by atoms with Crippen molar-refractivity contribution in [1.29, 1.82) is 0 Å². The van der Waals surface area contributed by atoms with E-state index >= 15 is 0 Å². The van der Waals surface area contributed by atoms with E-state index in [0.29, 0.717) is 16.9 Å². The van der Waals surface area contributed by atoms with Crippen LogP contribution in [0.5, 0.6) is 0 Å². The van der Waals surface area contributed by atoms with Crippen molar-refractivity contribution in [2.24, 2.45) is 5.73 Å². The summed E-state index contributed by atoms with van der Waals surface area (Å²) in [4.78, 5) is 4.15. The molecule has 0 spiro atoms. The molecule has 0 atom stereocenters. The minimum absolute atomic E-state index is 0.0631. The molecule has 0 radical (unpaired) electrons. The van der Waals surface area contributed by atoms with Crippen LogP contribution in [0.3, 0.4) is 0 Å². The van der Waals surface area contributed by atoms with E-state index in [2.05, 4.69) is 19.9 Å². The summed E-state index contributed by atoms with van der Waals surface area (Å²) in [6.07, 6.45) is 0. The molecular formula is C12H13N5O2S2. The van der Waals surface area contributed by atoms with Crippen LogP contribution in [-0.4, -0.2) is 23.6 Å².